The summed E-state index contributed by atoms with van der Waals surface area (Å²) >= 11 is 0. The molecule has 22 heavy (non-hydrogen) atoms. The molecule has 0 spiro atoms. The second kappa shape index (κ2) is 5.40. The van der Waals surface area contributed by atoms with Gasteiger partial charge in [-0.25, -0.2) is 14.5 Å². The summed E-state index contributed by atoms with van der Waals surface area (Å²) in [6.07, 6.45) is 5.95. The molecule has 5 heteroatoms. The highest BCUT2D eigenvalue weighted by Crippen LogP contribution is 2.29. The molecule has 3 aromatic heterocycles. The summed E-state index contributed by atoms with van der Waals surface area (Å²) in [5.41, 5.74) is 3.28. The van der Waals surface area contributed by atoms with Crippen LogP contribution in [-0.2, 0) is 0 Å². The predicted molar refractivity (Wildman–Crippen MR) is 86.1 cm³/mol. The number of anilines is 1. The van der Waals surface area contributed by atoms with Crippen LogP contribution in [0, 0.1) is 6.92 Å². The van der Waals surface area contributed by atoms with Crippen molar-refractivity contribution in [2.75, 3.05) is 18.0 Å². The Hall–Kier alpha value is -2.43. The second-order valence-corrected chi connectivity index (χ2v) is 5.87. The molecular weight excluding hydrogens is 274 g/mol. The summed E-state index contributed by atoms with van der Waals surface area (Å²) < 4.78 is 1.98. The first kappa shape index (κ1) is 13.2. The number of aryl methyl sites for hydroxylation is 1. The highest BCUT2D eigenvalue weighted by molar-refractivity contribution is 5.41. The first-order chi connectivity index (χ1) is 10.8. The third-order valence-corrected chi connectivity index (χ3v) is 4.43. The third-order valence-electron chi connectivity index (χ3n) is 4.43. The quantitative estimate of drug-likeness (QED) is 0.729. The van der Waals surface area contributed by atoms with E-state index in [0.717, 1.165) is 43.1 Å². The van der Waals surface area contributed by atoms with Gasteiger partial charge in [-0.15, -0.1) is 0 Å². The number of rotatable bonds is 2. The molecule has 4 heterocycles. The molecule has 0 bridgehead atoms. The number of pyridine rings is 1. The smallest absolute Gasteiger partial charge is 0.155 e. The van der Waals surface area contributed by atoms with Gasteiger partial charge in [-0.1, -0.05) is 6.07 Å². The van der Waals surface area contributed by atoms with Gasteiger partial charge in [0, 0.05) is 42.7 Å². The Morgan fingerprint density at radius 1 is 1.05 bits per heavy atom. The summed E-state index contributed by atoms with van der Waals surface area (Å²) in [5.74, 6) is 1.63. The van der Waals surface area contributed by atoms with Crippen molar-refractivity contribution in [3.63, 3.8) is 0 Å². The van der Waals surface area contributed by atoms with Gasteiger partial charge in [0.2, 0.25) is 0 Å². The minimum Gasteiger partial charge on any atom is -0.357 e. The van der Waals surface area contributed by atoms with E-state index in [9.17, 15) is 0 Å². The lowest BCUT2D eigenvalue weighted by Crippen LogP contribution is -2.34. The molecule has 4 rings (SSSR count). The van der Waals surface area contributed by atoms with Gasteiger partial charge < -0.3 is 4.90 Å². The zero-order valence-corrected chi connectivity index (χ0v) is 12.7. The van der Waals surface area contributed by atoms with Crippen molar-refractivity contribution in [2.24, 2.45) is 0 Å². The third kappa shape index (κ3) is 2.32. The van der Waals surface area contributed by atoms with Crippen LogP contribution in [0.5, 0.6) is 0 Å². The summed E-state index contributed by atoms with van der Waals surface area (Å²) in [5, 5.41) is 4.41. The van der Waals surface area contributed by atoms with Gasteiger partial charge >= 0.3 is 0 Å². The first-order valence-electron chi connectivity index (χ1n) is 7.78. The molecule has 1 aliphatic rings. The summed E-state index contributed by atoms with van der Waals surface area (Å²) in [4.78, 5) is 11.4. The van der Waals surface area contributed by atoms with Crippen molar-refractivity contribution in [1.82, 2.24) is 19.6 Å². The maximum absolute atomic E-state index is 4.63. The fourth-order valence-electron chi connectivity index (χ4n) is 3.27. The SMILES string of the molecule is Cc1cccc(N2CCC(c3ccnc4ccnn34)CC2)n1. The van der Waals surface area contributed by atoms with Gasteiger partial charge in [0.05, 0.1) is 6.20 Å². The minimum atomic E-state index is 0.534. The summed E-state index contributed by atoms with van der Waals surface area (Å²) in [7, 11) is 0. The van der Waals surface area contributed by atoms with E-state index >= 15 is 0 Å². The standard InChI is InChI=1S/C17H19N5/c1-13-3-2-4-17(20-13)21-11-7-14(8-12-21)15-5-9-18-16-6-10-19-22(15)16/h2-6,9-10,14H,7-8,11-12H2,1H3. The fourth-order valence-corrected chi connectivity index (χ4v) is 3.27. The zero-order valence-electron chi connectivity index (χ0n) is 12.7. The van der Waals surface area contributed by atoms with Crippen LogP contribution >= 0.6 is 0 Å². The van der Waals surface area contributed by atoms with Crippen LogP contribution in [0.2, 0.25) is 0 Å². The molecule has 5 nitrogen and oxygen atoms in total. The average molecular weight is 293 g/mol. The maximum Gasteiger partial charge on any atom is 0.155 e. The van der Waals surface area contributed by atoms with Gasteiger partial charge in [0.15, 0.2) is 5.65 Å². The largest absolute Gasteiger partial charge is 0.357 e. The molecule has 112 valence electrons. The van der Waals surface area contributed by atoms with Crippen molar-refractivity contribution >= 4 is 11.5 Å². The van der Waals surface area contributed by atoms with Crippen molar-refractivity contribution in [3.8, 4) is 0 Å². The van der Waals surface area contributed by atoms with E-state index in [2.05, 4.69) is 38.2 Å². The molecule has 0 aromatic carbocycles. The van der Waals surface area contributed by atoms with Crippen LogP contribution in [0.3, 0.4) is 0 Å². The van der Waals surface area contributed by atoms with Crippen molar-refractivity contribution in [1.29, 1.82) is 0 Å². The highest BCUT2D eigenvalue weighted by atomic mass is 15.3. The average Bonchev–Trinajstić information content (AvgIpc) is 3.04. The minimum absolute atomic E-state index is 0.534. The lowest BCUT2D eigenvalue weighted by atomic mass is 9.93. The highest BCUT2D eigenvalue weighted by Gasteiger charge is 2.23. The molecule has 0 atom stereocenters. The number of hydrogen-bond acceptors (Lipinski definition) is 4. The number of hydrogen-bond donors (Lipinski definition) is 0. The van der Waals surface area contributed by atoms with E-state index < -0.39 is 0 Å². The van der Waals surface area contributed by atoms with E-state index in [1.165, 1.54) is 5.69 Å². The molecule has 0 N–H and O–H groups in total. The lowest BCUT2D eigenvalue weighted by Gasteiger charge is -2.33. The molecule has 1 aliphatic heterocycles. The lowest BCUT2D eigenvalue weighted by molar-refractivity contribution is 0.485. The van der Waals surface area contributed by atoms with Gasteiger partial charge in [0.1, 0.15) is 5.82 Å². The van der Waals surface area contributed by atoms with E-state index in [-0.39, 0.29) is 0 Å². The van der Waals surface area contributed by atoms with Crippen LogP contribution in [0.15, 0.2) is 42.7 Å². The molecule has 0 unspecified atom stereocenters. The van der Waals surface area contributed by atoms with E-state index in [1.54, 1.807) is 0 Å². The van der Waals surface area contributed by atoms with Gasteiger partial charge in [-0.05, 0) is 38.0 Å². The van der Waals surface area contributed by atoms with E-state index in [1.807, 2.05) is 36.0 Å². The predicted octanol–water partition coefficient (Wildman–Crippen LogP) is 2.82. The molecule has 0 amide bonds. The Balaban J connectivity index is 1.53. The Kier molecular flexibility index (Phi) is 3.25. The Morgan fingerprint density at radius 2 is 1.91 bits per heavy atom. The molecule has 3 aromatic rings. The number of fused-ring (bicyclic) bond motifs is 1. The zero-order chi connectivity index (χ0) is 14.9. The molecule has 0 aliphatic carbocycles. The van der Waals surface area contributed by atoms with Crippen LogP contribution in [0.1, 0.15) is 30.1 Å². The Labute approximate surface area is 129 Å². The fraction of sp³-hybridized carbons (Fsp3) is 0.353. The summed E-state index contributed by atoms with van der Waals surface area (Å²) in [6.45, 7) is 4.11. The topological polar surface area (TPSA) is 46.3 Å². The number of piperidine rings is 1. The Bertz CT molecular complexity index is 786. The first-order valence-corrected chi connectivity index (χ1v) is 7.78. The van der Waals surface area contributed by atoms with Crippen LogP contribution in [0.25, 0.3) is 5.65 Å². The molecule has 1 fully saturated rings. The molecule has 1 saturated heterocycles. The number of aromatic nitrogens is 4. The second-order valence-electron chi connectivity index (χ2n) is 5.87. The van der Waals surface area contributed by atoms with Crippen molar-refractivity contribution < 1.29 is 0 Å². The van der Waals surface area contributed by atoms with Gasteiger partial charge in [-0.2, -0.15) is 5.10 Å². The Morgan fingerprint density at radius 3 is 2.73 bits per heavy atom. The van der Waals surface area contributed by atoms with Crippen molar-refractivity contribution in [3.05, 3.63) is 54.1 Å². The van der Waals surface area contributed by atoms with Gasteiger partial charge in [0.25, 0.3) is 0 Å². The van der Waals surface area contributed by atoms with E-state index in [0.29, 0.717) is 5.92 Å². The normalized spacial score (nSPS) is 16.3. The van der Waals surface area contributed by atoms with E-state index in [4.69, 9.17) is 0 Å². The van der Waals surface area contributed by atoms with Crippen LogP contribution < -0.4 is 4.90 Å². The number of nitrogens with zero attached hydrogens (tertiary/aromatic N) is 5. The monoisotopic (exact) mass is 293 g/mol. The summed E-state index contributed by atoms with van der Waals surface area (Å²) in [6, 6.07) is 10.3. The molecule has 0 radical (unpaired) electrons. The van der Waals surface area contributed by atoms with Gasteiger partial charge in [-0.3, -0.25) is 0 Å². The van der Waals surface area contributed by atoms with Crippen LogP contribution in [-0.4, -0.2) is 32.7 Å². The molecular formula is C17H19N5. The molecule has 0 saturated carbocycles. The maximum atomic E-state index is 4.63. The van der Waals surface area contributed by atoms with Crippen molar-refractivity contribution in [2.45, 2.75) is 25.7 Å². The van der Waals surface area contributed by atoms with Crippen LogP contribution in [0.4, 0.5) is 5.82 Å².